The predicted octanol–water partition coefficient (Wildman–Crippen LogP) is 2.64. The third-order valence-corrected chi connectivity index (χ3v) is 2.88. The Balaban J connectivity index is 2.40. The molecule has 2 heterocycles. The van der Waals surface area contributed by atoms with Crippen LogP contribution in [-0.2, 0) is 11.0 Å². The van der Waals surface area contributed by atoms with Crippen LogP contribution in [0, 0.1) is 5.92 Å². The number of carbonyl (C=O) groups is 1. The summed E-state index contributed by atoms with van der Waals surface area (Å²) in [5.74, 6) is -0.447. The molecule has 0 saturated carbocycles. The van der Waals surface area contributed by atoms with Gasteiger partial charge in [-0.2, -0.15) is 13.2 Å². The van der Waals surface area contributed by atoms with Crippen molar-refractivity contribution >= 4 is 11.6 Å². The summed E-state index contributed by atoms with van der Waals surface area (Å²) in [5, 5.41) is 0. The normalized spacial score (nSPS) is 20.3. The Morgan fingerprint density at radius 3 is 2.78 bits per heavy atom. The van der Waals surface area contributed by atoms with Gasteiger partial charge < -0.3 is 4.90 Å². The number of rotatable bonds is 2. The number of alkyl halides is 3. The molecule has 0 spiro atoms. The van der Waals surface area contributed by atoms with E-state index in [0.717, 1.165) is 23.4 Å². The first-order chi connectivity index (χ1) is 8.43. The van der Waals surface area contributed by atoms with E-state index in [1.54, 1.807) is 6.08 Å². The minimum Gasteiger partial charge on any atom is -0.310 e. The first-order valence-corrected chi connectivity index (χ1v) is 5.37. The fourth-order valence-corrected chi connectivity index (χ4v) is 1.97. The van der Waals surface area contributed by atoms with Gasteiger partial charge in [0.15, 0.2) is 0 Å². The Kier molecular flexibility index (Phi) is 3.11. The maximum Gasteiger partial charge on any atom is 0.418 e. The molecule has 1 atom stereocenters. The van der Waals surface area contributed by atoms with Crippen molar-refractivity contribution in [2.24, 2.45) is 5.92 Å². The Labute approximate surface area is 102 Å². The molecule has 0 bridgehead atoms. The van der Waals surface area contributed by atoms with Gasteiger partial charge in [-0.25, -0.2) is 0 Å². The van der Waals surface area contributed by atoms with E-state index in [4.69, 9.17) is 0 Å². The number of hydrogen-bond acceptors (Lipinski definition) is 2. The van der Waals surface area contributed by atoms with E-state index < -0.39 is 11.7 Å². The molecule has 1 fully saturated rings. The van der Waals surface area contributed by atoms with Crippen LogP contribution in [-0.4, -0.2) is 17.4 Å². The molecule has 0 aromatic carbocycles. The van der Waals surface area contributed by atoms with Crippen LogP contribution >= 0.6 is 0 Å². The van der Waals surface area contributed by atoms with Crippen LogP contribution in [0.25, 0.3) is 0 Å². The summed E-state index contributed by atoms with van der Waals surface area (Å²) in [6.07, 6.45) is -0.577. The monoisotopic (exact) mass is 256 g/mol. The van der Waals surface area contributed by atoms with E-state index >= 15 is 0 Å². The molecule has 0 aliphatic carbocycles. The smallest absolute Gasteiger partial charge is 0.310 e. The number of aromatic nitrogens is 1. The molecular formula is C12H11F3N2O. The van der Waals surface area contributed by atoms with Crippen molar-refractivity contribution in [3.8, 4) is 0 Å². The quantitative estimate of drug-likeness (QED) is 0.762. The number of nitrogens with zero attached hydrogens (tertiary/aromatic N) is 2. The molecule has 96 valence electrons. The van der Waals surface area contributed by atoms with Gasteiger partial charge in [-0.05, 0) is 6.07 Å². The first kappa shape index (κ1) is 12.6. The van der Waals surface area contributed by atoms with Crippen molar-refractivity contribution in [1.82, 2.24) is 4.98 Å². The summed E-state index contributed by atoms with van der Waals surface area (Å²) in [4.78, 5) is 16.5. The van der Waals surface area contributed by atoms with E-state index in [2.05, 4.69) is 11.6 Å². The number of amides is 1. The van der Waals surface area contributed by atoms with E-state index in [-0.39, 0.29) is 30.5 Å². The molecule has 6 heteroatoms. The summed E-state index contributed by atoms with van der Waals surface area (Å²) in [6.45, 7) is 3.78. The topological polar surface area (TPSA) is 33.2 Å². The van der Waals surface area contributed by atoms with E-state index in [1.807, 2.05) is 0 Å². The minimum atomic E-state index is -4.50. The van der Waals surface area contributed by atoms with Crippen LogP contribution < -0.4 is 4.90 Å². The minimum absolute atomic E-state index is 0.112. The van der Waals surface area contributed by atoms with Crippen LogP contribution in [0.4, 0.5) is 18.9 Å². The highest BCUT2D eigenvalue weighted by atomic mass is 19.4. The summed E-state index contributed by atoms with van der Waals surface area (Å²) in [6, 6.07) is 0.879. The zero-order chi connectivity index (χ0) is 13.3. The predicted molar refractivity (Wildman–Crippen MR) is 59.9 cm³/mol. The lowest BCUT2D eigenvalue weighted by molar-refractivity contribution is -0.137. The SMILES string of the molecule is C=CC1CC(=O)N(c2cnccc2C(F)(F)F)C1. The van der Waals surface area contributed by atoms with E-state index in [9.17, 15) is 18.0 Å². The number of hydrogen-bond donors (Lipinski definition) is 0. The van der Waals surface area contributed by atoms with Gasteiger partial charge in [0.2, 0.25) is 5.91 Å². The molecular weight excluding hydrogens is 245 g/mol. The van der Waals surface area contributed by atoms with Gasteiger partial charge in [-0.1, -0.05) is 6.08 Å². The Morgan fingerprint density at radius 1 is 1.50 bits per heavy atom. The molecule has 1 aliphatic heterocycles. The van der Waals surface area contributed by atoms with Gasteiger partial charge in [0, 0.05) is 25.1 Å². The molecule has 1 unspecified atom stereocenters. The molecule has 0 N–H and O–H groups in total. The van der Waals surface area contributed by atoms with Crippen molar-refractivity contribution in [2.45, 2.75) is 12.6 Å². The van der Waals surface area contributed by atoms with Crippen LogP contribution in [0.5, 0.6) is 0 Å². The third-order valence-electron chi connectivity index (χ3n) is 2.88. The lowest BCUT2D eigenvalue weighted by Gasteiger charge is -2.20. The third kappa shape index (κ3) is 2.23. The number of anilines is 1. The van der Waals surface area contributed by atoms with Crippen LogP contribution in [0.3, 0.4) is 0 Å². The highest BCUT2D eigenvalue weighted by Crippen LogP contribution is 2.37. The largest absolute Gasteiger partial charge is 0.418 e. The zero-order valence-electron chi connectivity index (χ0n) is 9.44. The van der Waals surface area contributed by atoms with Crippen molar-refractivity contribution < 1.29 is 18.0 Å². The fourth-order valence-electron chi connectivity index (χ4n) is 1.97. The summed E-state index contributed by atoms with van der Waals surface area (Å²) < 4.78 is 38.5. The maximum atomic E-state index is 12.8. The van der Waals surface area contributed by atoms with Crippen molar-refractivity contribution in [2.75, 3.05) is 11.4 Å². The van der Waals surface area contributed by atoms with Crippen molar-refractivity contribution in [3.63, 3.8) is 0 Å². The molecule has 1 saturated heterocycles. The van der Waals surface area contributed by atoms with Gasteiger partial charge >= 0.3 is 6.18 Å². The van der Waals surface area contributed by atoms with Gasteiger partial charge in [0.25, 0.3) is 0 Å². The first-order valence-electron chi connectivity index (χ1n) is 5.37. The lowest BCUT2D eigenvalue weighted by Crippen LogP contribution is -2.27. The average Bonchev–Trinajstić information content (AvgIpc) is 2.69. The molecule has 0 radical (unpaired) electrons. The molecule has 2 rings (SSSR count). The standard InChI is InChI=1S/C12H11F3N2O/c1-2-8-5-11(18)17(7-8)10-6-16-4-3-9(10)12(13,14)15/h2-4,6,8H,1,5,7H2. The molecule has 1 aromatic heterocycles. The van der Waals surface area contributed by atoms with Crippen molar-refractivity contribution in [1.29, 1.82) is 0 Å². The van der Waals surface area contributed by atoms with E-state index in [0.29, 0.717) is 0 Å². The summed E-state index contributed by atoms with van der Waals surface area (Å²) in [7, 11) is 0. The summed E-state index contributed by atoms with van der Waals surface area (Å²) in [5.41, 5.74) is -1.02. The van der Waals surface area contributed by atoms with Gasteiger partial charge in [-0.3, -0.25) is 9.78 Å². The number of pyridine rings is 1. The average molecular weight is 256 g/mol. The molecule has 18 heavy (non-hydrogen) atoms. The molecule has 3 nitrogen and oxygen atoms in total. The lowest BCUT2D eigenvalue weighted by atomic mass is 10.1. The van der Waals surface area contributed by atoms with Crippen LogP contribution in [0.15, 0.2) is 31.1 Å². The van der Waals surface area contributed by atoms with Gasteiger partial charge in [-0.15, -0.1) is 6.58 Å². The number of carbonyl (C=O) groups excluding carboxylic acids is 1. The Morgan fingerprint density at radius 2 is 2.22 bits per heavy atom. The second-order valence-corrected chi connectivity index (χ2v) is 4.09. The maximum absolute atomic E-state index is 12.8. The zero-order valence-corrected chi connectivity index (χ0v) is 9.44. The second-order valence-electron chi connectivity index (χ2n) is 4.09. The van der Waals surface area contributed by atoms with Crippen LogP contribution in [0.1, 0.15) is 12.0 Å². The van der Waals surface area contributed by atoms with Crippen LogP contribution in [0.2, 0.25) is 0 Å². The number of halogens is 3. The van der Waals surface area contributed by atoms with Gasteiger partial charge in [0.05, 0.1) is 17.4 Å². The molecule has 1 aromatic rings. The van der Waals surface area contributed by atoms with Gasteiger partial charge in [0.1, 0.15) is 0 Å². The highest BCUT2D eigenvalue weighted by Gasteiger charge is 2.38. The second kappa shape index (κ2) is 4.44. The van der Waals surface area contributed by atoms with E-state index in [1.165, 1.54) is 0 Å². The molecule has 1 amide bonds. The Hall–Kier alpha value is -1.85. The highest BCUT2D eigenvalue weighted by molar-refractivity contribution is 5.96. The molecule has 1 aliphatic rings. The summed E-state index contributed by atoms with van der Waals surface area (Å²) >= 11 is 0. The fraction of sp³-hybridized carbons (Fsp3) is 0.333. The Bertz CT molecular complexity index is 484. The van der Waals surface area contributed by atoms with Crippen molar-refractivity contribution in [3.05, 3.63) is 36.7 Å².